The van der Waals surface area contributed by atoms with Crippen LogP contribution in [0.3, 0.4) is 0 Å². The highest BCUT2D eigenvalue weighted by Crippen LogP contribution is 2.17. The second kappa shape index (κ2) is 33.4. The molecule has 0 fully saturated rings. The third-order valence-electron chi connectivity index (χ3n) is 11.0. The smallest absolute Gasteiger partial charge is 0.305 e. The van der Waals surface area contributed by atoms with E-state index in [1.165, 1.54) is 175 Å². The highest BCUT2D eigenvalue weighted by molar-refractivity contribution is 7.09. The Balaban J connectivity index is 1.43. The van der Waals surface area contributed by atoms with E-state index >= 15 is 0 Å². The number of carbonyl (C=O) groups excluding carboxylic acids is 2. The summed E-state index contributed by atoms with van der Waals surface area (Å²) in [6.07, 6.45) is 36.4. The summed E-state index contributed by atoms with van der Waals surface area (Å²) < 4.78 is 15.8. The summed E-state index contributed by atoms with van der Waals surface area (Å²) in [7, 11) is 0. The predicted octanol–water partition coefficient (Wildman–Crippen LogP) is 12.8. The van der Waals surface area contributed by atoms with Crippen LogP contribution in [-0.2, 0) is 45.0 Å². The van der Waals surface area contributed by atoms with Crippen LogP contribution >= 0.6 is 22.7 Å². The van der Waals surface area contributed by atoms with Gasteiger partial charge in [0.2, 0.25) is 11.0 Å². The minimum atomic E-state index is -0.174. The Hall–Kier alpha value is -1.80. The van der Waals surface area contributed by atoms with Gasteiger partial charge in [-0.2, -0.15) is 9.13 Å². The molecule has 6 nitrogen and oxygen atoms in total. The van der Waals surface area contributed by atoms with Gasteiger partial charge in [0, 0.05) is 52.4 Å². The van der Waals surface area contributed by atoms with Gasteiger partial charge in [0.15, 0.2) is 11.4 Å². The first kappa shape index (κ1) is 48.3. The Morgan fingerprint density at radius 2 is 0.759 bits per heavy atom. The monoisotopic (exact) mass is 791 g/mol. The summed E-state index contributed by atoms with van der Waals surface area (Å²) >= 11 is 3.54. The van der Waals surface area contributed by atoms with Gasteiger partial charge in [0.25, 0.3) is 0 Å². The maximum Gasteiger partial charge on any atom is 0.305 e. The summed E-state index contributed by atoms with van der Waals surface area (Å²) in [5.41, 5.74) is 7.06. The van der Waals surface area contributed by atoms with Crippen LogP contribution in [0.1, 0.15) is 215 Å². The standard InChI is InChI=1S/C46H82N2O4S2/c1-5-7-9-11-13-15-17-19-21-23-25-29-35-47-39-53-43(41(47)3)33-37-51-45(49)31-27-28-32-46(50)52-38-34-44-42(4)48(40-54-44)36-30-26-24-22-20-18-16-14-12-10-8-6-2/h39-40H,5-38H2,1-4H3/q+2. The van der Waals surface area contributed by atoms with Crippen molar-refractivity contribution >= 4 is 34.6 Å². The molecule has 2 aromatic heterocycles. The molecule has 0 radical (unpaired) electrons. The zero-order valence-electron chi connectivity index (χ0n) is 35.5. The second-order valence-corrected chi connectivity index (χ2v) is 17.7. The SMILES string of the molecule is CCCCCCCCCCCCCC[n+]1csc(CCOC(=O)CCCCC(=O)OCCc2sc[n+](CCCCCCCCCCCCCC)c2C)c1C. The fourth-order valence-corrected chi connectivity index (χ4v) is 9.28. The van der Waals surface area contributed by atoms with Crippen LogP contribution in [0, 0.1) is 13.8 Å². The Kier molecular flexibility index (Phi) is 29.9. The summed E-state index contributed by atoms with van der Waals surface area (Å²) in [4.78, 5) is 27.2. The molecule has 0 bridgehead atoms. The fraction of sp³-hybridized carbons (Fsp3) is 0.826. The van der Waals surface area contributed by atoms with Crippen LogP contribution in [-0.4, -0.2) is 25.2 Å². The molecular formula is C46H82N2O4S2+2. The van der Waals surface area contributed by atoms with Crippen molar-refractivity contribution < 1.29 is 28.2 Å². The first-order chi connectivity index (χ1) is 26.5. The van der Waals surface area contributed by atoms with E-state index in [0.29, 0.717) is 38.9 Å². The van der Waals surface area contributed by atoms with Crippen LogP contribution in [0.2, 0.25) is 0 Å². The molecule has 54 heavy (non-hydrogen) atoms. The number of hydrogen-bond acceptors (Lipinski definition) is 6. The fourth-order valence-electron chi connectivity index (χ4n) is 7.27. The van der Waals surface area contributed by atoms with Gasteiger partial charge < -0.3 is 9.47 Å². The van der Waals surface area contributed by atoms with Gasteiger partial charge in [-0.3, -0.25) is 9.59 Å². The zero-order valence-corrected chi connectivity index (χ0v) is 37.2. The quantitative estimate of drug-likeness (QED) is 0.0388. The Morgan fingerprint density at radius 1 is 0.463 bits per heavy atom. The van der Waals surface area contributed by atoms with Gasteiger partial charge in [0.1, 0.15) is 13.1 Å². The number of aromatic nitrogens is 2. The lowest BCUT2D eigenvalue weighted by atomic mass is 10.1. The molecule has 0 aliphatic heterocycles. The zero-order chi connectivity index (χ0) is 38.9. The van der Waals surface area contributed by atoms with Crippen molar-refractivity contribution in [1.29, 1.82) is 0 Å². The average molecular weight is 791 g/mol. The number of esters is 2. The van der Waals surface area contributed by atoms with Crippen molar-refractivity contribution in [2.45, 2.75) is 233 Å². The molecule has 0 amide bonds. The number of thiazole rings is 2. The van der Waals surface area contributed by atoms with E-state index in [1.807, 2.05) is 0 Å². The number of hydrogen-bond donors (Lipinski definition) is 0. The van der Waals surface area contributed by atoms with Crippen molar-refractivity contribution in [1.82, 2.24) is 0 Å². The largest absolute Gasteiger partial charge is 0.465 e. The topological polar surface area (TPSA) is 60.4 Å². The maximum absolute atomic E-state index is 12.3. The molecule has 8 heteroatoms. The number of aryl methyl sites for hydroxylation is 2. The molecule has 2 aromatic rings. The van der Waals surface area contributed by atoms with Crippen LogP contribution in [0.15, 0.2) is 11.0 Å². The van der Waals surface area contributed by atoms with Crippen molar-refractivity contribution in [3.05, 3.63) is 32.2 Å². The molecule has 0 atom stereocenters. The number of rotatable bonds is 37. The number of unbranched alkanes of at least 4 members (excludes halogenated alkanes) is 23. The van der Waals surface area contributed by atoms with Crippen molar-refractivity contribution in [3.63, 3.8) is 0 Å². The van der Waals surface area contributed by atoms with E-state index in [0.717, 1.165) is 25.9 Å². The molecule has 2 rings (SSSR count). The van der Waals surface area contributed by atoms with Gasteiger partial charge in [-0.25, -0.2) is 0 Å². The van der Waals surface area contributed by atoms with E-state index in [2.05, 4.69) is 47.9 Å². The van der Waals surface area contributed by atoms with Gasteiger partial charge in [0.05, 0.1) is 23.0 Å². The van der Waals surface area contributed by atoms with Crippen molar-refractivity contribution in [2.24, 2.45) is 0 Å². The first-order valence-corrected chi connectivity index (χ1v) is 24.5. The molecule has 0 spiro atoms. The molecule has 0 aromatic carbocycles. The van der Waals surface area contributed by atoms with E-state index in [1.54, 1.807) is 22.7 Å². The first-order valence-electron chi connectivity index (χ1n) is 22.7. The predicted molar refractivity (Wildman–Crippen MR) is 228 cm³/mol. The molecule has 0 N–H and O–H groups in total. The number of ether oxygens (including phenoxy) is 2. The Morgan fingerprint density at radius 3 is 1.07 bits per heavy atom. The molecule has 2 heterocycles. The highest BCUT2D eigenvalue weighted by atomic mass is 32.1. The van der Waals surface area contributed by atoms with Crippen molar-refractivity contribution in [3.8, 4) is 0 Å². The van der Waals surface area contributed by atoms with Gasteiger partial charge in [-0.05, 0) is 25.7 Å². The number of carbonyl (C=O) groups is 2. The minimum Gasteiger partial charge on any atom is -0.465 e. The normalized spacial score (nSPS) is 11.4. The average Bonchev–Trinajstić information content (AvgIpc) is 3.70. The lowest BCUT2D eigenvalue weighted by Gasteiger charge is -2.05. The summed E-state index contributed by atoms with van der Waals surface area (Å²) in [6, 6.07) is 0. The van der Waals surface area contributed by atoms with Gasteiger partial charge in [-0.15, -0.1) is 0 Å². The van der Waals surface area contributed by atoms with Crippen LogP contribution in [0.4, 0.5) is 0 Å². The second-order valence-electron chi connectivity index (χ2n) is 15.8. The molecule has 0 unspecified atom stereocenters. The van der Waals surface area contributed by atoms with Crippen LogP contribution < -0.4 is 9.13 Å². The maximum atomic E-state index is 12.3. The summed E-state index contributed by atoms with van der Waals surface area (Å²) in [5.74, 6) is -0.348. The number of nitrogens with zero attached hydrogens (tertiary/aromatic N) is 2. The third-order valence-corrected chi connectivity index (χ3v) is 13.3. The van der Waals surface area contributed by atoms with E-state index < -0.39 is 0 Å². The molecule has 0 aliphatic rings. The minimum absolute atomic E-state index is 0.174. The van der Waals surface area contributed by atoms with E-state index in [-0.39, 0.29) is 11.9 Å². The van der Waals surface area contributed by atoms with E-state index in [4.69, 9.17) is 9.47 Å². The van der Waals surface area contributed by atoms with Crippen LogP contribution in [0.25, 0.3) is 0 Å². The van der Waals surface area contributed by atoms with E-state index in [9.17, 15) is 9.59 Å². The third kappa shape index (κ3) is 24.0. The molecule has 0 saturated carbocycles. The Bertz CT molecular complexity index is 1120. The van der Waals surface area contributed by atoms with Crippen LogP contribution in [0.5, 0.6) is 0 Å². The summed E-state index contributed by atoms with van der Waals surface area (Å²) in [5, 5.41) is 0. The molecule has 0 saturated heterocycles. The highest BCUT2D eigenvalue weighted by Gasteiger charge is 2.17. The lowest BCUT2D eigenvalue weighted by molar-refractivity contribution is -0.698. The lowest BCUT2D eigenvalue weighted by Crippen LogP contribution is -2.34. The summed E-state index contributed by atoms with van der Waals surface area (Å²) in [6.45, 7) is 11.9. The molecule has 310 valence electrons. The molecular weight excluding hydrogens is 709 g/mol. The van der Waals surface area contributed by atoms with Gasteiger partial charge in [-0.1, -0.05) is 165 Å². The Labute approximate surface area is 340 Å². The molecule has 0 aliphatic carbocycles. The van der Waals surface area contributed by atoms with Crippen molar-refractivity contribution in [2.75, 3.05) is 13.2 Å². The van der Waals surface area contributed by atoms with Gasteiger partial charge >= 0.3 is 11.9 Å².